The Bertz CT molecular complexity index is 432. The van der Waals surface area contributed by atoms with E-state index in [-0.39, 0.29) is 18.4 Å². The number of ether oxygens (including phenoxy) is 1. The molecule has 5 nitrogen and oxygen atoms in total. The number of aryl methyl sites for hydroxylation is 1. The first-order chi connectivity index (χ1) is 8.60. The van der Waals surface area contributed by atoms with Crippen LogP contribution in [0.15, 0.2) is 24.3 Å². The summed E-state index contributed by atoms with van der Waals surface area (Å²) in [6, 6.07) is 7.43. The number of amides is 1. The Hall–Kier alpha value is -1.88. The highest BCUT2D eigenvalue weighted by Crippen LogP contribution is 2.20. The summed E-state index contributed by atoms with van der Waals surface area (Å²) in [5.74, 6) is -0.189. The molecule has 0 heterocycles. The summed E-state index contributed by atoms with van der Waals surface area (Å²) in [5, 5.41) is 8.58. The highest BCUT2D eigenvalue weighted by Gasteiger charge is 2.17. The van der Waals surface area contributed by atoms with Gasteiger partial charge in [0.1, 0.15) is 0 Å². The van der Waals surface area contributed by atoms with Crippen LogP contribution in [0.1, 0.15) is 18.9 Å². The van der Waals surface area contributed by atoms with Crippen LogP contribution in [0.5, 0.6) is 0 Å². The lowest BCUT2D eigenvalue weighted by atomic mass is 10.2. The molecule has 1 aromatic carbocycles. The molecule has 0 atom stereocenters. The van der Waals surface area contributed by atoms with Gasteiger partial charge in [0.25, 0.3) is 5.91 Å². The van der Waals surface area contributed by atoms with Crippen molar-refractivity contribution in [2.75, 3.05) is 18.8 Å². The number of nitrogens with zero attached hydrogens (tertiary/aromatic N) is 1. The van der Waals surface area contributed by atoms with Crippen LogP contribution in [0.2, 0.25) is 0 Å². The van der Waals surface area contributed by atoms with E-state index < -0.39 is 0 Å². The van der Waals surface area contributed by atoms with Crippen LogP contribution in [0.25, 0.3) is 0 Å². The number of hydroxylamine groups is 1. The van der Waals surface area contributed by atoms with E-state index in [0.29, 0.717) is 12.1 Å². The van der Waals surface area contributed by atoms with Gasteiger partial charge in [-0.15, -0.1) is 0 Å². The third-order valence-corrected chi connectivity index (χ3v) is 2.43. The maximum Gasteiger partial charge on any atom is 0.250 e. The molecule has 0 saturated carbocycles. The van der Waals surface area contributed by atoms with Crippen LogP contribution in [0.4, 0.5) is 5.69 Å². The fourth-order valence-corrected chi connectivity index (χ4v) is 1.39. The maximum atomic E-state index is 11.9. The summed E-state index contributed by atoms with van der Waals surface area (Å²) in [6.07, 6.45) is 0.328. The molecule has 18 heavy (non-hydrogen) atoms. The van der Waals surface area contributed by atoms with E-state index in [1.165, 1.54) is 12.2 Å². The Labute approximate surface area is 107 Å². The lowest BCUT2D eigenvalue weighted by Crippen LogP contribution is -2.33. The summed E-state index contributed by atoms with van der Waals surface area (Å²) in [7, 11) is 1.39. The Morgan fingerprint density at radius 3 is 2.61 bits per heavy atom. The van der Waals surface area contributed by atoms with E-state index in [2.05, 4.69) is 0 Å². The van der Waals surface area contributed by atoms with Gasteiger partial charge >= 0.3 is 0 Å². The van der Waals surface area contributed by atoms with Crippen molar-refractivity contribution in [3.63, 3.8) is 0 Å². The molecule has 5 heteroatoms. The average Bonchev–Trinajstić information content (AvgIpc) is 2.40. The Morgan fingerprint density at radius 1 is 1.39 bits per heavy atom. The molecule has 98 valence electrons. The second-order valence-corrected chi connectivity index (χ2v) is 3.73. The lowest BCUT2D eigenvalue weighted by molar-refractivity contribution is -0.125. The molecule has 1 rings (SSSR count). The van der Waals surface area contributed by atoms with Crippen LogP contribution in [-0.2, 0) is 14.4 Å². The number of nitrogens with one attached hydrogen (secondary N) is 1. The van der Waals surface area contributed by atoms with Crippen LogP contribution in [-0.4, -0.2) is 25.5 Å². The topological polar surface area (TPSA) is 62.6 Å². The average molecular weight is 250 g/mol. The highest BCUT2D eigenvalue weighted by atomic mass is 16.7. The fourth-order valence-electron chi connectivity index (χ4n) is 1.39. The number of hydrogen-bond acceptors (Lipinski definition) is 4. The molecule has 0 aromatic heterocycles. The van der Waals surface area contributed by atoms with Crippen molar-refractivity contribution >= 4 is 17.5 Å². The normalized spacial score (nSPS) is 9.94. The van der Waals surface area contributed by atoms with Gasteiger partial charge in [0, 0.05) is 6.42 Å². The van der Waals surface area contributed by atoms with Gasteiger partial charge in [0.2, 0.25) is 5.90 Å². The van der Waals surface area contributed by atoms with E-state index in [1.54, 1.807) is 13.0 Å². The second-order valence-electron chi connectivity index (χ2n) is 3.73. The largest absolute Gasteiger partial charge is 0.483 e. The van der Waals surface area contributed by atoms with Gasteiger partial charge in [-0.05, 0) is 18.6 Å². The van der Waals surface area contributed by atoms with Crippen molar-refractivity contribution in [1.29, 1.82) is 5.41 Å². The third kappa shape index (κ3) is 3.56. The zero-order valence-corrected chi connectivity index (χ0v) is 10.9. The van der Waals surface area contributed by atoms with Gasteiger partial charge in [-0.25, -0.2) is 0 Å². The van der Waals surface area contributed by atoms with Crippen molar-refractivity contribution in [3.8, 4) is 0 Å². The molecular weight excluding hydrogens is 232 g/mol. The molecule has 0 spiro atoms. The van der Waals surface area contributed by atoms with Gasteiger partial charge < -0.3 is 4.74 Å². The predicted molar refractivity (Wildman–Crippen MR) is 69.6 cm³/mol. The lowest BCUT2D eigenvalue weighted by Gasteiger charge is -2.22. The van der Waals surface area contributed by atoms with Gasteiger partial charge in [-0.3, -0.25) is 15.0 Å². The smallest absolute Gasteiger partial charge is 0.250 e. The van der Waals surface area contributed by atoms with Gasteiger partial charge in [-0.2, -0.15) is 5.06 Å². The van der Waals surface area contributed by atoms with Crippen LogP contribution < -0.4 is 5.06 Å². The molecule has 0 saturated heterocycles. The van der Waals surface area contributed by atoms with Crippen molar-refractivity contribution in [2.45, 2.75) is 20.3 Å². The number of carbonyl (C=O) groups excluding carboxylic acids is 1. The van der Waals surface area contributed by atoms with Gasteiger partial charge in [0.05, 0.1) is 12.8 Å². The van der Waals surface area contributed by atoms with Crippen molar-refractivity contribution in [2.24, 2.45) is 0 Å². The number of carbonyl (C=O) groups is 1. The first kappa shape index (κ1) is 14.2. The van der Waals surface area contributed by atoms with E-state index >= 15 is 0 Å². The quantitative estimate of drug-likeness (QED) is 0.495. The standard InChI is InChI=1S/C13H18N2O3/c1-4-13(16)15(18-9-12(14)17-3)11-8-6-5-7-10(11)2/h5-8,14H,4,9H2,1-3H3. The number of anilines is 1. The third-order valence-electron chi connectivity index (χ3n) is 2.43. The molecule has 1 N–H and O–H groups in total. The molecule has 0 aliphatic rings. The van der Waals surface area contributed by atoms with Crippen LogP contribution in [0.3, 0.4) is 0 Å². The second kappa shape index (κ2) is 6.76. The number of hydrogen-bond donors (Lipinski definition) is 1. The van der Waals surface area contributed by atoms with Gasteiger partial charge in [-0.1, -0.05) is 25.1 Å². The number of para-hydroxylation sites is 1. The maximum absolute atomic E-state index is 11.9. The summed E-state index contributed by atoms with van der Waals surface area (Å²) < 4.78 is 4.70. The zero-order valence-electron chi connectivity index (χ0n) is 10.9. The van der Waals surface area contributed by atoms with E-state index in [9.17, 15) is 4.79 Å². The minimum absolute atomic E-state index is 0.0301. The molecule has 0 aliphatic carbocycles. The summed E-state index contributed by atoms with van der Waals surface area (Å²) >= 11 is 0. The zero-order chi connectivity index (χ0) is 13.5. The molecule has 0 aliphatic heterocycles. The Balaban J connectivity index is 2.89. The van der Waals surface area contributed by atoms with Crippen LogP contribution >= 0.6 is 0 Å². The molecule has 0 fully saturated rings. The molecule has 0 radical (unpaired) electrons. The number of benzene rings is 1. The molecule has 1 amide bonds. The van der Waals surface area contributed by atoms with Crippen molar-refractivity contribution in [1.82, 2.24) is 0 Å². The van der Waals surface area contributed by atoms with E-state index in [1.807, 2.05) is 25.1 Å². The monoisotopic (exact) mass is 250 g/mol. The number of methoxy groups -OCH3 is 1. The molecule has 1 aromatic rings. The summed E-state index contributed by atoms with van der Waals surface area (Å²) in [6.45, 7) is 3.59. The summed E-state index contributed by atoms with van der Waals surface area (Å²) in [5.41, 5.74) is 1.62. The molecule has 0 unspecified atom stereocenters. The summed E-state index contributed by atoms with van der Waals surface area (Å²) in [4.78, 5) is 17.2. The number of rotatable bonds is 5. The molecule has 0 bridgehead atoms. The van der Waals surface area contributed by atoms with Crippen molar-refractivity contribution in [3.05, 3.63) is 29.8 Å². The van der Waals surface area contributed by atoms with E-state index in [4.69, 9.17) is 15.0 Å². The van der Waals surface area contributed by atoms with E-state index in [0.717, 1.165) is 5.56 Å². The first-order valence-electron chi connectivity index (χ1n) is 5.73. The highest BCUT2D eigenvalue weighted by molar-refractivity contribution is 5.92. The SMILES string of the molecule is CCC(=O)N(OCC(=N)OC)c1ccccc1C. The minimum atomic E-state index is -0.159. The first-order valence-corrected chi connectivity index (χ1v) is 5.73. The fraction of sp³-hybridized carbons (Fsp3) is 0.385. The Kier molecular flexibility index (Phi) is 5.32. The Morgan fingerprint density at radius 2 is 2.06 bits per heavy atom. The predicted octanol–water partition coefficient (Wildman–Crippen LogP) is 2.29. The van der Waals surface area contributed by atoms with Gasteiger partial charge in [0.15, 0.2) is 6.61 Å². The van der Waals surface area contributed by atoms with Crippen molar-refractivity contribution < 1.29 is 14.4 Å². The molecular formula is C13H18N2O3. The minimum Gasteiger partial charge on any atom is -0.483 e. The van der Waals surface area contributed by atoms with Crippen LogP contribution in [0, 0.1) is 12.3 Å².